The van der Waals surface area contributed by atoms with E-state index in [0.29, 0.717) is 0 Å². The minimum Gasteiger partial charge on any atom is -0.378 e. The van der Waals surface area contributed by atoms with Crippen molar-refractivity contribution in [2.24, 2.45) is 0 Å². The van der Waals surface area contributed by atoms with Crippen LogP contribution in [0.1, 0.15) is 56.1 Å². The molecule has 1 aromatic carbocycles. The van der Waals surface area contributed by atoms with Gasteiger partial charge in [-0.25, -0.2) is 0 Å². The lowest BCUT2D eigenvalue weighted by Gasteiger charge is -2.22. The quantitative estimate of drug-likeness (QED) is 0.417. The molecule has 0 saturated carbocycles. The molecule has 0 heterocycles. The predicted molar refractivity (Wildman–Crippen MR) is 117 cm³/mol. The van der Waals surface area contributed by atoms with Crippen LogP contribution >= 0.6 is 0 Å². The highest BCUT2D eigenvalue weighted by molar-refractivity contribution is 5.44. The fourth-order valence-electron chi connectivity index (χ4n) is 3.31. The average Bonchev–Trinajstić information content (AvgIpc) is 3.01. The molecule has 0 spiro atoms. The second-order valence-electron chi connectivity index (χ2n) is 7.45. The summed E-state index contributed by atoms with van der Waals surface area (Å²) in [5.41, 5.74) is 8.86. The molecule has 3 N–H and O–H groups in total. The molecule has 1 aromatic rings. The van der Waals surface area contributed by atoms with E-state index in [-0.39, 0.29) is 12.2 Å². The lowest BCUT2D eigenvalue weighted by molar-refractivity contribution is 0.523. The van der Waals surface area contributed by atoms with E-state index in [1.54, 1.807) is 0 Å². The van der Waals surface area contributed by atoms with E-state index in [1.807, 2.05) is 33.9 Å². The molecule has 2 atom stereocenters. The fourth-order valence-corrected chi connectivity index (χ4v) is 3.31. The van der Waals surface area contributed by atoms with E-state index in [2.05, 4.69) is 60.5 Å². The number of allylic oxidation sites excluding steroid dienone is 4. The average molecular weight is 364 g/mol. The molecule has 0 aliphatic heterocycles. The van der Waals surface area contributed by atoms with Gasteiger partial charge in [0.2, 0.25) is 0 Å². The Balaban J connectivity index is 2.12. The number of aryl methyl sites for hydroxylation is 1. The highest BCUT2D eigenvalue weighted by atomic mass is 15.1. The topological polar surface area (TPSA) is 36.1 Å². The molecule has 0 fully saturated rings. The van der Waals surface area contributed by atoms with Crippen molar-refractivity contribution in [1.29, 1.82) is 0 Å². The Bertz CT molecular complexity index is 798. The van der Waals surface area contributed by atoms with Crippen molar-refractivity contribution in [1.82, 2.24) is 16.0 Å². The molecule has 0 bridgehead atoms. The molecule has 3 heteroatoms. The molecule has 0 aromatic heterocycles. The van der Waals surface area contributed by atoms with Gasteiger partial charge in [-0.3, -0.25) is 5.32 Å². The zero-order chi connectivity index (χ0) is 20.1. The summed E-state index contributed by atoms with van der Waals surface area (Å²) >= 11 is 0. The first-order valence-electron chi connectivity index (χ1n) is 9.43. The highest BCUT2D eigenvalue weighted by Gasteiger charge is 2.24. The van der Waals surface area contributed by atoms with Crippen molar-refractivity contribution in [3.8, 4) is 0 Å². The Morgan fingerprint density at radius 1 is 1.15 bits per heavy atom. The maximum atomic E-state index is 4.18. The first-order chi connectivity index (χ1) is 12.7. The minimum atomic E-state index is 0.0739. The number of benzene rings is 1. The number of nitrogens with one attached hydrogen (secondary N) is 3. The van der Waals surface area contributed by atoms with Crippen LogP contribution in [0, 0.1) is 0 Å². The Hall–Kier alpha value is -2.52. The first-order valence-corrected chi connectivity index (χ1v) is 9.43. The zero-order valence-electron chi connectivity index (χ0n) is 17.2. The van der Waals surface area contributed by atoms with E-state index in [1.165, 1.54) is 16.7 Å². The van der Waals surface area contributed by atoms with E-state index >= 15 is 0 Å². The van der Waals surface area contributed by atoms with Crippen molar-refractivity contribution in [3.63, 3.8) is 0 Å². The standard InChI is InChI=1S/C24H33N3/c1-15(2)17(5)13-18(6)19(7)27-23-12-10-20-14-21(9-11-22(20)23)24(25-8)26-16(3)4/h9,11,13-14,23-27H,1,3,6-7,10,12H2,2,4-5,8H3/b17-13+/t23-,24?/m0/s1. The van der Waals surface area contributed by atoms with Crippen LogP contribution < -0.4 is 16.0 Å². The number of fused-ring (bicyclic) bond motifs is 1. The third kappa shape index (κ3) is 5.24. The number of hydrogen-bond donors (Lipinski definition) is 3. The molecule has 27 heavy (non-hydrogen) atoms. The summed E-state index contributed by atoms with van der Waals surface area (Å²) in [6, 6.07) is 6.97. The lowest BCUT2D eigenvalue weighted by Crippen LogP contribution is -2.30. The second kappa shape index (κ2) is 8.92. The first kappa shape index (κ1) is 20.8. The van der Waals surface area contributed by atoms with Gasteiger partial charge in [-0.05, 0) is 68.5 Å². The van der Waals surface area contributed by atoms with Crippen LogP contribution in [0.25, 0.3) is 0 Å². The predicted octanol–water partition coefficient (Wildman–Crippen LogP) is 5.20. The summed E-state index contributed by atoms with van der Waals surface area (Å²) in [5.74, 6) is 0. The molecule has 0 saturated heterocycles. The number of rotatable bonds is 9. The van der Waals surface area contributed by atoms with E-state index in [0.717, 1.165) is 41.0 Å². The molecular weight excluding hydrogens is 330 g/mol. The Morgan fingerprint density at radius 3 is 2.44 bits per heavy atom. The van der Waals surface area contributed by atoms with E-state index in [4.69, 9.17) is 0 Å². The van der Waals surface area contributed by atoms with E-state index in [9.17, 15) is 0 Å². The Morgan fingerprint density at radius 2 is 1.85 bits per heavy atom. The van der Waals surface area contributed by atoms with Gasteiger partial charge in [0, 0.05) is 11.4 Å². The van der Waals surface area contributed by atoms with Crippen LogP contribution in [0.2, 0.25) is 0 Å². The molecule has 1 aliphatic carbocycles. The summed E-state index contributed by atoms with van der Waals surface area (Å²) in [6.45, 7) is 22.3. The van der Waals surface area contributed by atoms with Gasteiger partial charge in [0.05, 0.1) is 6.04 Å². The molecule has 2 rings (SSSR count). The van der Waals surface area contributed by atoms with Gasteiger partial charge in [-0.15, -0.1) is 0 Å². The van der Waals surface area contributed by atoms with Gasteiger partial charge in [0.15, 0.2) is 0 Å². The summed E-state index contributed by atoms with van der Waals surface area (Å²) in [6.07, 6.45) is 4.24. The van der Waals surface area contributed by atoms with Crippen molar-refractivity contribution in [2.75, 3.05) is 7.05 Å². The maximum absolute atomic E-state index is 4.18. The summed E-state index contributed by atoms with van der Waals surface area (Å²) in [4.78, 5) is 0. The van der Waals surface area contributed by atoms with Gasteiger partial charge in [-0.2, -0.15) is 0 Å². The van der Waals surface area contributed by atoms with Crippen LogP contribution in [0.15, 0.2) is 78.7 Å². The smallest absolute Gasteiger partial charge is 0.103 e. The minimum absolute atomic E-state index is 0.0739. The molecule has 0 amide bonds. The summed E-state index contributed by atoms with van der Waals surface area (Å²) in [5, 5.41) is 10.2. The normalized spacial score (nSPS) is 17.0. The zero-order valence-corrected chi connectivity index (χ0v) is 17.2. The monoisotopic (exact) mass is 363 g/mol. The largest absolute Gasteiger partial charge is 0.378 e. The van der Waals surface area contributed by atoms with Crippen LogP contribution in [-0.4, -0.2) is 7.05 Å². The fraction of sp³-hybridized carbons (Fsp3) is 0.333. The molecule has 3 nitrogen and oxygen atoms in total. The van der Waals surface area contributed by atoms with Gasteiger partial charge >= 0.3 is 0 Å². The van der Waals surface area contributed by atoms with Gasteiger partial charge < -0.3 is 10.6 Å². The van der Waals surface area contributed by atoms with Crippen LogP contribution in [0.3, 0.4) is 0 Å². The van der Waals surface area contributed by atoms with Gasteiger partial charge in [0.1, 0.15) is 6.17 Å². The molecule has 1 aliphatic rings. The van der Waals surface area contributed by atoms with Crippen molar-refractivity contribution in [3.05, 3.63) is 95.4 Å². The third-order valence-corrected chi connectivity index (χ3v) is 5.06. The Labute approximate surface area is 164 Å². The SMILES string of the molecule is C=C(C)NC(NC)c1ccc2c(c1)CC[C@@H]2NC(=C)C(=C)/C=C(\C)C(=C)C. The van der Waals surface area contributed by atoms with Gasteiger partial charge in [0.25, 0.3) is 0 Å². The summed E-state index contributed by atoms with van der Waals surface area (Å²) in [7, 11) is 1.95. The van der Waals surface area contributed by atoms with Gasteiger partial charge in [-0.1, -0.05) is 56.2 Å². The maximum Gasteiger partial charge on any atom is 0.103 e. The highest BCUT2D eigenvalue weighted by Crippen LogP contribution is 2.34. The van der Waals surface area contributed by atoms with Crippen LogP contribution in [-0.2, 0) is 6.42 Å². The van der Waals surface area contributed by atoms with Crippen molar-refractivity contribution in [2.45, 2.75) is 45.8 Å². The summed E-state index contributed by atoms with van der Waals surface area (Å²) < 4.78 is 0. The second-order valence-corrected chi connectivity index (χ2v) is 7.45. The van der Waals surface area contributed by atoms with Crippen LogP contribution in [0.5, 0.6) is 0 Å². The molecule has 1 unspecified atom stereocenters. The molecule has 144 valence electrons. The van der Waals surface area contributed by atoms with E-state index < -0.39 is 0 Å². The van der Waals surface area contributed by atoms with Crippen LogP contribution in [0.4, 0.5) is 0 Å². The molecular formula is C24H33N3. The Kier molecular flexibility index (Phi) is 6.86. The van der Waals surface area contributed by atoms with Crippen molar-refractivity contribution < 1.29 is 0 Å². The third-order valence-electron chi connectivity index (χ3n) is 5.06. The lowest BCUT2D eigenvalue weighted by atomic mass is 10.0. The molecule has 0 radical (unpaired) electrons. The number of hydrogen-bond acceptors (Lipinski definition) is 3. The van der Waals surface area contributed by atoms with Crippen molar-refractivity contribution >= 4 is 0 Å².